The number of halogens is 1. The minimum absolute atomic E-state index is 0.139. The monoisotopic (exact) mass is 424 g/mol. The second kappa shape index (κ2) is 7.72. The maximum absolute atomic E-state index is 14.0. The summed E-state index contributed by atoms with van der Waals surface area (Å²) in [5.74, 6) is -0.274. The van der Waals surface area contributed by atoms with Crippen LogP contribution in [0.1, 0.15) is 29.1 Å². The molecule has 4 rings (SSSR count). The fourth-order valence-corrected chi connectivity index (χ4v) is 6.90. The van der Waals surface area contributed by atoms with Gasteiger partial charge in [-0.05, 0) is 38.5 Å². The fraction of sp³-hybridized carbons (Fsp3) is 0.474. The predicted molar refractivity (Wildman–Crippen MR) is 110 cm³/mol. The first kappa shape index (κ1) is 19.8. The quantitative estimate of drug-likeness (QED) is 0.790. The molecule has 0 saturated carbocycles. The number of piperazine rings is 1. The van der Waals surface area contributed by atoms with E-state index in [0.717, 1.165) is 16.2 Å². The maximum Gasteiger partial charge on any atom is 0.244 e. The lowest BCUT2D eigenvalue weighted by Crippen LogP contribution is -2.48. The molecule has 152 valence electrons. The van der Waals surface area contributed by atoms with Crippen LogP contribution in [0.2, 0.25) is 0 Å². The summed E-state index contributed by atoms with van der Waals surface area (Å²) < 4.78 is 42.0. The number of hydrazine groups is 1. The van der Waals surface area contributed by atoms with Crippen molar-refractivity contribution in [3.63, 3.8) is 0 Å². The second-order valence-electron chi connectivity index (χ2n) is 7.39. The van der Waals surface area contributed by atoms with E-state index in [-0.39, 0.29) is 11.9 Å². The lowest BCUT2D eigenvalue weighted by Gasteiger charge is -2.35. The first-order valence-corrected chi connectivity index (χ1v) is 11.7. The van der Waals surface area contributed by atoms with Gasteiger partial charge in [-0.15, -0.1) is 11.3 Å². The first-order chi connectivity index (χ1) is 13.4. The number of anilines is 1. The molecular formula is C19H25FN4O2S2. The maximum atomic E-state index is 14.0. The molecule has 0 bridgehead atoms. The lowest BCUT2D eigenvalue weighted by atomic mass is 10.1. The molecule has 2 aliphatic rings. The van der Waals surface area contributed by atoms with Crippen LogP contribution < -0.4 is 15.8 Å². The zero-order chi connectivity index (χ0) is 19.9. The van der Waals surface area contributed by atoms with E-state index in [0.29, 0.717) is 42.8 Å². The largest absolute Gasteiger partial charge is 0.367 e. The fourth-order valence-electron chi connectivity index (χ4n) is 3.83. The van der Waals surface area contributed by atoms with Crippen LogP contribution in [0.3, 0.4) is 0 Å². The number of thiophene rings is 1. The van der Waals surface area contributed by atoms with E-state index in [4.69, 9.17) is 0 Å². The van der Waals surface area contributed by atoms with Crippen LogP contribution in [-0.2, 0) is 10.0 Å². The SMILES string of the molecule is Cc1sc(C2CC(C)NN2)cc1S(=O)(=O)N1CCN(c2ccccc2F)CC1. The number of aryl methyl sites for hydroxylation is 1. The normalized spacial score (nSPS) is 24.0. The minimum Gasteiger partial charge on any atom is -0.367 e. The van der Waals surface area contributed by atoms with Crippen LogP contribution in [-0.4, -0.2) is 44.9 Å². The molecule has 3 heterocycles. The number of benzene rings is 1. The van der Waals surface area contributed by atoms with Gasteiger partial charge in [-0.25, -0.2) is 18.2 Å². The highest BCUT2D eigenvalue weighted by Gasteiger charge is 2.33. The minimum atomic E-state index is -3.56. The molecule has 6 nitrogen and oxygen atoms in total. The van der Waals surface area contributed by atoms with Crippen molar-refractivity contribution in [3.05, 3.63) is 45.9 Å². The first-order valence-electron chi connectivity index (χ1n) is 9.47. The number of hydrogen-bond acceptors (Lipinski definition) is 6. The Morgan fingerprint density at radius 3 is 2.50 bits per heavy atom. The number of rotatable bonds is 4. The topological polar surface area (TPSA) is 64.7 Å². The Balaban J connectivity index is 1.49. The number of hydrogen-bond donors (Lipinski definition) is 2. The van der Waals surface area contributed by atoms with Crippen molar-refractivity contribution in [3.8, 4) is 0 Å². The van der Waals surface area contributed by atoms with Gasteiger partial charge >= 0.3 is 0 Å². The Bertz CT molecular complexity index is 955. The van der Waals surface area contributed by atoms with E-state index in [1.54, 1.807) is 18.2 Å². The van der Waals surface area contributed by atoms with Gasteiger partial charge in [0.1, 0.15) is 5.82 Å². The van der Waals surface area contributed by atoms with Crippen molar-refractivity contribution in [2.45, 2.75) is 37.2 Å². The van der Waals surface area contributed by atoms with E-state index < -0.39 is 10.0 Å². The Kier molecular flexibility index (Phi) is 5.45. The third-order valence-corrected chi connectivity index (χ3v) is 8.70. The Hall–Kier alpha value is -1.52. The smallest absolute Gasteiger partial charge is 0.244 e. The number of nitrogens with one attached hydrogen (secondary N) is 2. The second-order valence-corrected chi connectivity index (χ2v) is 10.6. The molecule has 0 spiro atoms. The zero-order valence-electron chi connectivity index (χ0n) is 16.0. The molecule has 2 aliphatic heterocycles. The Morgan fingerprint density at radius 1 is 1.14 bits per heavy atom. The Morgan fingerprint density at radius 2 is 1.86 bits per heavy atom. The van der Waals surface area contributed by atoms with E-state index >= 15 is 0 Å². The molecule has 9 heteroatoms. The summed E-state index contributed by atoms with van der Waals surface area (Å²) in [5.41, 5.74) is 6.95. The number of para-hydroxylation sites is 1. The molecule has 1 aromatic heterocycles. The van der Waals surface area contributed by atoms with Crippen LogP contribution in [0.5, 0.6) is 0 Å². The zero-order valence-corrected chi connectivity index (χ0v) is 17.6. The highest BCUT2D eigenvalue weighted by molar-refractivity contribution is 7.89. The summed E-state index contributed by atoms with van der Waals surface area (Å²) in [6.07, 6.45) is 0.931. The molecule has 2 aromatic rings. The van der Waals surface area contributed by atoms with E-state index in [2.05, 4.69) is 17.8 Å². The van der Waals surface area contributed by atoms with Gasteiger partial charge in [0.05, 0.1) is 16.6 Å². The van der Waals surface area contributed by atoms with Crippen LogP contribution in [0.4, 0.5) is 10.1 Å². The van der Waals surface area contributed by atoms with Gasteiger partial charge in [-0.3, -0.25) is 5.43 Å². The van der Waals surface area contributed by atoms with E-state index in [1.807, 2.05) is 17.9 Å². The molecular weight excluding hydrogens is 399 g/mol. The summed E-state index contributed by atoms with van der Waals surface area (Å²) in [7, 11) is -3.56. The summed E-state index contributed by atoms with van der Waals surface area (Å²) >= 11 is 1.54. The van der Waals surface area contributed by atoms with Crippen molar-refractivity contribution in [2.75, 3.05) is 31.1 Å². The van der Waals surface area contributed by atoms with Gasteiger partial charge in [0.2, 0.25) is 10.0 Å². The van der Waals surface area contributed by atoms with Crippen molar-refractivity contribution in [2.24, 2.45) is 0 Å². The van der Waals surface area contributed by atoms with Crippen molar-refractivity contribution < 1.29 is 12.8 Å². The molecule has 2 unspecified atom stereocenters. The average molecular weight is 425 g/mol. The summed E-state index contributed by atoms with van der Waals surface area (Å²) in [6.45, 7) is 5.61. The molecule has 0 aliphatic carbocycles. The Labute approximate surface area is 169 Å². The third kappa shape index (κ3) is 3.69. The van der Waals surface area contributed by atoms with Crippen molar-refractivity contribution >= 4 is 27.0 Å². The standard InChI is InChI=1S/C19H25FN4O2S2/c1-13-11-16(22-21-13)18-12-19(14(2)27-18)28(25,26)24-9-7-23(8-10-24)17-6-4-3-5-15(17)20/h3-6,12-13,16,21-22H,7-11H2,1-2H3. The molecule has 2 atom stereocenters. The average Bonchev–Trinajstić information content (AvgIpc) is 3.28. The van der Waals surface area contributed by atoms with Gasteiger partial charge in [0, 0.05) is 42.0 Å². The van der Waals surface area contributed by atoms with E-state index in [9.17, 15) is 12.8 Å². The van der Waals surface area contributed by atoms with Crippen molar-refractivity contribution in [1.29, 1.82) is 0 Å². The van der Waals surface area contributed by atoms with Gasteiger partial charge < -0.3 is 4.90 Å². The summed E-state index contributed by atoms with van der Waals surface area (Å²) in [5, 5.41) is 0. The van der Waals surface area contributed by atoms with Crippen LogP contribution >= 0.6 is 11.3 Å². The lowest BCUT2D eigenvalue weighted by molar-refractivity contribution is 0.383. The van der Waals surface area contributed by atoms with E-state index in [1.165, 1.54) is 21.7 Å². The van der Waals surface area contributed by atoms with Gasteiger partial charge in [0.25, 0.3) is 0 Å². The highest BCUT2D eigenvalue weighted by Crippen LogP contribution is 2.35. The molecule has 1 aromatic carbocycles. The van der Waals surface area contributed by atoms with Crippen LogP contribution in [0.25, 0.3) is 0 Å². The highest BCUT2D eigenvalue weighted by atomic mass is 32.2. The molecule has 0 amide bonds. The molecule has 0 radical (unpaired) electrons. The van der Waals surface area contributed by atoms with Gasteiger partial charge in [0.15, 0.2) is 0 Å². The molecule has 28 heavy (non-hydrogen) atoms. The number of sulfonamides is 1. The van der Waals surface area contributed by atoms with Crippen LogP contribution in [0.15, 0.2) is 35.2 Å². The van der Waals surface area contributed by atoms with Crippen molar-refractivity contribution in [1.82, 2.24) is 15.2 Å². The predicted octanol–water partition coefficient (Wildman–Crippen LogP) is 2.63. The molecule has 2 N–H and O–H groups in total. The number of nitrogens with zero attached hydrogens (tertiary/aromatic N) is 2. The van der Waals surface area contributed by atoms with Gasteiger partial charge in [-0.2, -0.15) is 4.31 Å². The van der Waals surface area contributed by atoms with Gasteiger partial charge in [-0.1, -0.05) is 12.1 Å². The molecule has 2 saturated heterocycles. The van der Waals surface area contributed by atoms with Crippen LogP contribution in [0, 0.1) is 12.7 Å². The summed E-state index contributed by atoms with van der Waals surface area (Å²) in [6, 6.07) is 8.94. The summed E-state index contributed by atoms with van der Waals surface area (Å²) in [4.78, 5) is 4.15. The third-order valence-electron chi connectivity index (χ3n) is 5.38. The molecule has 2 fully saturated rings.